The molecule has 0 saturated carbocycles. The molecule has 0 aliphatic carbocycles. The first-order valence-corrected chi connectivity index (χ1v) is 9.08. The third kappa shape index (κ3) is 4.83. The fourth-order valence-corrected chi connectivity index (χ4v) is 3.14. The molecule has 2 aromatic carbocycles. The molecule has 1 aliphatic rings. The molecule has 3 rings (SSSR count). The maximum absolute atomic E-state index is 12.1. The van der Waals surface area contributed by atoms with Gasteiger partial charge in [0.1, 0.15) is 0 Å². The zero-order valence-electron chi connectivity index (χ0n) is 15.2. The molecule has 1 fully saturated rings. The average molecular weight is 395 g/mol. The quantitative estimate of drug-likeness (QED) is 0.362. The molecule has 1 heterocycles. The zero-order valence-corrected chi connectivity index (χ0v) is 16.0. The molecule has 0 unspecified atom stereocenters. The Labute approximate surface area is 165 Å². The van der Waals surface area contributed by atoms with Crippen LogP contribution in [-0.2, 0) is 4.79 Å². The number of carbonyl (C=O) groups excluding carboxylic acids is 1. The Bertz CT molecular complexity index is 997. The summed E-state index contributed by atoms with van der Waals surface area (Å²) in [7, 11) is 3.93. The van der Waals surface area contributed by atoms with Crippen molar-refractivity contribution in [2.24, 2.45) is 10.2 Å². The van der Waals surface area contributed by atoms with E-state index in [1.807, 2.05) is 43.3 Å². The number of nitrogens with one attached hydrogen (secondary N) is 1. The fourth-order valence-electron chi connectivity index (χ4n) is 2.36. The van der Waals surface area contributed by atoms with Crippen LogP contribution in [0.15, 0.2) is 63.6 Å². The molecule has 1 saturated heterocycles. The van der Waals surface area contributed by atoms with Gasteiger partial charge in [0.25, 0.3) is 11.6 Å². The van der Waals surface area contributed by atoms with Crippen molar-refractivity contribution in [1.29, 1.82) is 0 Å². The number of thioether (sulfide) groups is 1. The Kier molecular flexibility index (Phi) is 5.85. The summed E-state index contributed by atoms with van der Waals surface area (Å²) in [6.45, 7) is 0. The van der Waals surface area contributed by atoms with E-state index in [-0.39, 0.29) is 11.6 Å². The van der Waals surface area contributed by atoms with Gasteiger partial charge in [-0.2, -0.15) is 5.10 Å². The minimum atomic E-state index is -0.476. The molecule has 0 atom stereocenters. The Balaban J connectivity index is 1.69. The molecule has 1 aliphatic heterocycles. The van der Waals surface area contributed by atoms with Gasteiger partial charge in [0.05, 0.1) is 16.0 Å². The number of benzene rings is 2. The predicted octanol–water partition coefficient (Wildman–Crippen LogP) is 3.25. The van der Waals surface area contributed by atoms with E-state index in [0.29, 0.717) is 15.6 Å². The highest BCUT2D eigenvalue weighted by Crippen LogP contribution is 2.27. The Morgan fingerprint density at radius 1 is 1.14 bits per heavy atom. The highest BCUT2D eigenvalue weighted by atomic mass is 32.2. The van der Waals surface area contributed by atoms with Gasteiger partial charge in [-0.15, -0.1) is 5.10 Å². The summed E-state index contributed by atoms with van der Waals surface area (Å²) in [4.78, 5) is 24.8. The van der Waals surface area contributed by atoms with E-state index in [1.54, 1.807) is 24.4 Å². The van der Waals surface area contributed by atoms with Crippen LogP contribution in [0.25, 0.3) is 6.08 Å². The Morgan fingerprint density at radius 3 is 2.57 bits per heavy atom. The third-order valence-electron chi connectivity index (χ3n) is 3.79. The van der Waals surface area contributed by atoms with Gasteiger partial charge in [-0.1, -0.05) is 24.3 Å². The maximum Gasteiger partial charge on any atom is 0.270 e. The van der Waals surface area contributed by atoms with Crippen LogP contribution < -0.4 is 10.2 Å². The third-order valence-corrected chi connectivity index (χ3v) is 4.69. The number of anilines is 1. The molecular weight excluding hydrogens is 378 g/mol. The molecule has 1 amide bonds. The first-order valence-electron chi connectivity index (χ1n) is 8.26. The van der Waals surface area contributed by atoms with Gasteiger partial charge in [0.15, 0.2) is 5.17 Å². The van der Waals surface area contributed by atoms with Crippen molar-refractivity contribution in [3.63, 3.8) is 0 Å². The van der Waals surface area contributed by atoms with Crippen LogP contribution in [0.4, 0.5) is 11.4 Å². The zero-order chi connectivity index (χ0) is 20.1. The van der Waals surface area contributed by atoms with Crippen LogP contribution in [-0.4, -0.2) is 36.3 Å². The van der Waals surface area contributed by atoms with Gasteiger partial charge in [-0.25, -0.2) is 0 Å². The fraction of sp³-hybridized carbons (Fsp3) is 0.105. The second kappa shape index (κ2) is 8.49. The summed E-state index contributed by atoms with van der Waals surface area (Å²) in [5, 5.41) is 21.9. The van der Waals surface area contributed by atoms with E-state index in [4.69, 9.17) is 0 Å². The highest BCUT2D eigenvalue weighted by Gasteiger charge is 2.24. The molecule has 2 aromatic rings. The lowest BCUT2D eigenvalue weighted by atomic mass is 10.2. The maximum atomic E-state index is 12.1. The Hall–Kier alpha value is -3.46. The average Bonchev–Trinajstić information content (AvgIpc) is 3.01. The predicted molar refractivity (Wildman–Crippen MR) is 113 cm³/mol. The van der Waals surface area contributed by atoms with Gasteiger partial charge in [0, 0.05) is 31.9 Å². The van der Waals surface area contributed by atoms with E-state index in [0.717, 1.165) is 23.0 Å². The standard InChI is InChI=1S/C19H17N5O3S/c1-23(2)15-8-6-13(7-9-15)12-20-22-19-21-18(25)17(28-19)11-14-4-3-5-16(10-14)24(26)27/h3-12H,1-2H3,(H,21,22,25). The molecule has 0 spiro atoms. The molecule has 28 heavy (non-hydrogen) atoms. The van der Waals surface area contributed by atoms with Gasteiger partial charge in [0.2, 0.25) is 0 Å². The van der Waals surface area contributed by atoms with Crippen molar-refractivity contribution in [3.05, 3.63) is 74.7 Å². The lowest BCUT2D eigenvalue weighted by Gasteiger charge is -2.11. The van der Waals surface area contributed by atoms with Crippen LogP contribution >= 0.6 is 11.8 Å². The van der Waals surface area contributed by atoms with Crippen LogP contribution in [0.3, 0.4) is 0 Å². The first-order chi connectivity index (χ1) is 13.4. The van der Waals surface area contributed by atoms with Crippen molar-refractivity contribution >= 4 is 46.5 Å². The van der Waals surface area contributed by atoms with E-state index in [1.165, 1.54) is 12.1 Å². The topological polar surface area (TPSA) is 100 Å². The van der Waals surface area contributed by atoms with Gasteiger partial charge < -0.3 is 4.90 Å². The van der Waals surface area contributed by atoms with Crippen LogP contribution in [0, 0.1) is 10.1 Å². The summed E-state index contributed by atoms with van der Waals surface area (Å²) < 4.78 is 0. The number of hydrogen-bond donors (Lipinski definition) is 1. The van der Waals surface area contributed by atoms with Crippen molar-refractivity contribution in [2.75, 3.05) is 19.0 Å². The number of nitrogens with zero attached hydrogens (tertiary/aromatic N) is 4. The van der Waals surface area contributed by atoms with Gasteiger partial charge in [-0.05, 0) is 41.1 Å². The minimum absolute atomic E-state index is 0.0310. The number of amidine groups is 1. The molecule has 142 valence electrons. The van der Waals surface area contributed by atoms with Gasteiger partial charge in [-0.3, -0.25) is 20.2 Å². The normalized spacial score (nSPS) is 16.7. The molecular formula is C19H17N5O3S. The lowest BCUT2D eigenvalue weighted by molar-refractivity contribution is -0.384. The number of carbonyl (C=O) groups is 1. The summed E-state index contributed by atoms with van der Waals surface area (Å²) in [5.74, 6) is -0.319. The molecule has 1 N–H and O–H groups in total. The molecule has 0 radical (unpaired) electrons. The first kappa shape index (κ1) is 19.3. The number of nitro benzene ring substituents is 1. The SMILES string of the molecule is CN(C)c1ccc(C=N/N=C2\NC(=O)C(=Cc3cccc([N+](=O)[O-])c3)S2)cc1. The summed E-state index contributed by atoms with van der Waals surface area (Å²) in [6, 6.07) is 13.9. The largest absolute Gasteiger partial charge is 0.378 e. The van der Waals surface area contributed by atoms with Crippen molar-refractivity contribution in [2.45, 2.75) is 0 Å². The number of non-ortho nitro benzene ring substituents is 1. The van der Waals surface area contributed by atoms with E-state index < -0.39 is 4.92 Å². The highest BCUT2D eigenvalue weighted by molar-refractivity contribution is 8.18. The minimum Gasteiger partial charge on any atom is -0.378 e. The van der Waals surface area contributed by atoms with E-state index in [9.17, 15) is 14.9 Å². The van der Waals surface area contributed by atoms with Crippen molar-refractivity contribution in [3.8, 4) is 0 Å². The molecule has 0 aromatic heterocycles. The second-order valence-electron chi connectivity index (χ2n) is 6.05. The van der Waals surface area contributed by atoms with E-state index >= 15 is 0 Å². The summed E-state index contributed by atoms with van der Waals surface area (Å²) in [5.41, 5.74) is 2.50. The number of hydrogen-bond acceptors (Lipinski definition) is 7. The Morgan fingerprint density at radius 2 is 1.89 bits per heavy atom. The van der Waals surface area contributed by atoms with Crippen molar-refractivity contribution in [1.82, 2.24) is 5.32 Å². The van der Waals surface area contributed by atoms with Crippen LogP contribution in [0.5, 0.6) is 0 Å². The van der Waals surface area contributed by atoms with Crippen LogP contribution in [0.1, 0.15) is 11.1 Å². The summed E-state index contributed by atoms with van der Waals surface area (Å²) >= 11 is 1.13. The number of nitro groups is 1. The number of amides is 1. The molecule has 9 heteroatoms. The van der Waals surface area contributed by atoms with Gasteiger partial charge >= 0.3 is 0 Å². The monoisotopic (exact) mass is 395 g/mol. The second-order valence-corrected chi connectivity index (χ2v) is 7.08. The number of rotatable bonds is 5. The van der Waals surface area contributed by atoms with Crippen molar-refractivity contribution < 1.29 is 9.72 Å². The molecule has 8 nitrogen and oxygen atoms in total. The van der Waals surface area contributed by atoms with E-state index in [2.05, 4.69) is 15.5 Å². The van der Waals surface area contributed by atoms with Crippen LogP contribution in [0.2, 0.25) is 0 Å². The smallest absolute Gasteiger partial charge is 0.270 e. The molecule has 0 bridgehead atoms. The lowest BCUT2D eigenvalue weighted by Crippen LogP contribution is -2.19. The summed E-state index contributed by atoms with van der Waals surface area (Å²) in [6.07, 6.45) is 3.18.